The molecule has 1 heteroatoms. The van der Waals surface area contributed by atoms with Gasteiger partial charge in [0.25, 0.3) is 0 Å². The van der Waals surface area contributed by atoms with E-state index in [1.54, 1.807) is 0 Å². The Morgan fingerprint density at radius 3 is 2.50 bits per heavy atom. The summed E-state index contributed by atoms with van der Waals surface area (Å²) in [5.74, 6) is 0.321. The standard InChI is InChI=1S/C21H23N/c1-3-4-12-21(22)20-14-17-10-6-5-9-16(17)13-19(20)18-11-7-8-15(18)2/h5-11,13-14,18,22H,3-4,12H2,1-2H3. The van der Waals surface area contributed by atoms with Gasteiger partial charge in [-0.15, -0.1) is 0 Å². The topological polar surface area (TPSA) is 23.9 Å². The van der Waals surface area contributed by atoms with E-state index in [4.69, 9.17) is 5.41 Å². The largest absolute Gasteiger partial charge is 0.305 e. The molecule has 0 saturated carbocycles. The van der Waals surface area contributed by atoms with Gasteiger partial charge < -0.3 is 5.41 Å². The first kappa shape index (κ1) is 14.8. The molecule has 1 unspecified atom stereocenters. The molecule has 0 spiro atoms. The van der Waals surface area contributed by atoms with Crippen molar-refractivity contribution in [2.45, 2.75) is 39.0 Å². The van der Waals surface area contributed by atoms with Crippen LogP contribution in [0, 0.1) is 5.41 Å². The molecule has 1 nitrogen and oxygen atoms in total. The number of unbranched alkanes of at least 4 members (excludes halogenated alkanes) is 1. The lowest BCUT2D eigenvalue weighted by atomic mass is 9.86. The van der Waals surface area contributed by atoms with E-state index in [2.05, 4.69) is 68.5 Å². The van der Waals surface area contributed by atoms with Crippen LogP contribution in [-0.2, 0) is 0 Å². The van der Waals surface area contributed by atoms with Gasteiger partial charge in [0.05, 0.1) is 0 Å². The third kappa shape index (κ3) is 2.76. The summed E-state index contributed by atoms with van der Waals surface area (Å²) >= 11 is 0. The van der Waals surface area contributed by atoms with Gasteiger partial charge in [-0.25, -0.2) is 0 Å². The highest BCUT2D eigenvalue weighted by atomic mass is 14.4. The first-order chi connectivity index (χ1) is 10.7. The van der Waals surface area contributed by atoms with Crippen LogP contribution in [0.3, 0.4) is 0 Å². The van der Waals surface area contributed by atoms with Crippen molar-refractivity contribution in [3.05, 3.63) is 71.3 Å². The fourth-order valence-electron chi connectivity index (χ4n) is 3.19. The SMILES string of the molecule is CCCCC(=N)c1cc2ccccc2cc1C1C=CC=C1C. The zero-order valence-corrected chi connectivity index (χ0v) is 13.4. The van der Waals surface area contributed by atoms with E-state index in [9.17, 15) is 0 Å². The summed E-state index contributed by atoms with van der Waals surface area (Å²) in [6.45, 7) is 4.36. The second kappa shape index (κ2) is 6.31. The Bertz CT molecular complexity index is 765. The van der Waals surface area contributed by atoms with Gasteiger partial charge in [-0.2, -0.15) is 0 Å². The predicted molar refractivity (Wildman–Crippen MR) is 95.9 cm³/mol. The molecule has 1 aliphatic carbocycles. The Kier molecular flexibility index (Phi) is 4.24. The van der Waals surface area contributed by atoms with Crippen LogP contribution < -0.4 is 0 Å². The number of benzene rings is 2. The third-order valence-corrected chi connectivity index (χ3v) is 4.51. The van der Waals surface area contributed by atoms with E-state index in [-0.39, 0.29) is 0 Å². The van der Waals surface area contributed by atoms with Crippen LogP contribution >= 0.6 is 0 Å². The predicted octanol–water partition coefficient (Wildman–Crippen LogP) is 6.00. The van der Waals surface area contributed by atoms with Gasteiger partial charge in [0.2, 0.25) is 0 Å². The highest BCUT2D eigenvalue weighted by Gasteiger charge is 2.19. The normalized spacial score (nSPS) is 17.0. The molecular weight excluding hydrogens is 266 g/mol. The second-order valence-corrected chi connectivity index (χ2v) is 6.14. The first-order valence-electron chi connectivity index (χ1n) is 8.16. The molecule has 112 valence electrons. The molecule has 2 aromatic rings. The maximum Gasteiger partial charge on any atom is 0.0389 e. The average molecular weight is 289 g/mol. The number of hydrogen-bond donors (Lipinski definition) is 1. The molecule has 0 bridgehead atoms. The molecule has 0 fully saturated rings. The lowest BCUT2D eigenvalue weighted by molar-refractivity contribution is 0.831. The van der Waals surface area contributed by atoms with Gasteiger partial charge in [0.1, 0.15) is 0 Å². The van der Waals surface area contributed by atoms with E-state index in [1.807, 2.05) is 0 Å². The molecule has 0 saturated heterocycles. The number of rotatable bonds is 5. The fourth-order valence-corrected chi connectivity index (χ4v) is 3.19. The first-order valence-corrected chi connectivity index (χ1v) is 8.16. The summed E-state index contributed by atoms with van der Waals surface area (Å²) < 4.78 is 0. The maximum absolute atomic E-state index is 8.54. The van der Waals surface area contributed by atoms with Crippen LogP contribution in [0.25, 0.3) is 10.8 Å². The van der Waals surface area contributed by atoms with Crippen molar-refractivity contribution in [3.63, 3.8) is 0 Å². The Labute approximate surface area is 132 Å². The van der Waals surface area contributed by atoms with E-state index < -0.39 is 0 Å². The van der Waals surface area contributed by atoms with Crippen LogP contribution in [0.4, 0.5) is 0 Å². The Hall–Kier alpha value is -2.15. The number of nitrogens with one attached hydrogen (secondary N) is 1. The van der Waals surface area contributed by atoms with Gasteiger partial charge in [-0.05, 0) is 53.8 Å². The lowest BCUT2D eigenvalue weighted by Gasteiger charge is -2.18. The molecule has 0 amide bonds. The Balaban J connectivity index is 2.12. The van der Waals surface area contributed by atoms with Gasteiger partial charge >= 0.3 is 0 Å². The van der Waals surface area contributed by atoms with Crippen molar-refractivity contribution in [2.75, 3.05) is 0 Å². The monoisotopic (exact) mass is 289 g/mol. The van der Waals surface area contributed by atoms with Crippen molar-refractivity contribution in [1.29, 1.82) is 5.41 Å². The smallest absolute Gasteiger partial charge is 0.0389 e. The van der Waals surface area contributed by atoms with E-state index in [1.165, 1.54) is 21.9 Å². The molecule has 1 N–H and O–H groups in total. The highest BCUT2D eigenvalue weighted by molar-refractivity contribution is 6.03. The molecule has 3 rings (SSSR count). The zero-order chi connectivity index (χ0) is 15.5. The van der Waals surface area contributed by atoms with Crippen molar-refractivity contribution < 1.29 is 0 Å². The maximum atomic E-state index is 8.54. The van der Waals surface area contributed by atoms with Crippen molar-refractivity contribution in [1.82, 2.24) is 0 Å². The van der Waals surface area contributed by atoms with Gasteiger partial charge in [0.15, 0.2) is 0 Å². The average Bonchev–Trinajstić information content (AvgIpc) is 2.97. The minimum atomic E-state index is 0.321. The molecule has 0 aliphatic heterocycles. The highest BCUT2D eigenvalue weighted by Crippen LogP contribution is 2.35. The van der Waals surface area contributed by atoms with E-state index >= 15 is 0 Å². The summed E-state index contributed by atoms with van der Waals surface area (Å²) in [5.41, 5.74) is 4.54. The molecule has 0 aromatic heterocycles. The molecule has 1 aliphatic rings. The minimum absolute atomic E-state index is 0.321. The van der Waals surface area contributed by atoms with Gasteiger partial charge in [-0.3, -0.25) is 0 Å². The number of hydrogen-bond acceptors (Lipinski definition) is 1. The number of allylic oxidation sites excluding steroid dienone is 4. The van der Waals surface area contributed by atoms with Crippen molar-refractivity contribution >= 4 is 16.5 Å². The van der Waals surface area contributed by atoms with Crippen LogP contribution in [0.1, 0.15) is 50.2 Å². The van der Waals surface area contributed by atoms with Crippen LogP contribution in [0.2, 0.25) is 0 Å². The summed E-state index contributed by atoms with van der Waals surface area (Å²) in [4.78, 5) is 0. The summed E-state index contributed by atoms with van der Waals surface area (Å²) in [5, 5.41) is 11.0. The zero-order valence-electron chi connectivity index (χ0n) is 13.4. The molecule has 2 aromatic carbocycles. The summed E-state index contributed by atoms with van der Waals surface area (Å²) in [6, 6.07) is 13.0. The molecule has 0 heterocycles. The van der Waals surface area contributed by atoms with Crippen molar-refractivity contribution in [2.24, 2.45) is 0 Å². The van der Waals surface area contributed by atoms with Crippen molar-refractivity contribution in [3.8, 4) is 0 Å². The molecular formula is C21H23N. The van der Waals surface area contributed by atoms with Gasteiger partial charge in [-0.1, -0.05) is 61.4 Å². The summed E-state index contributed by atoms with van der Waals surface area (Å²) in [6.07, 6.45) is 9.64. The van der Waals surface area contributed by atoms with Crippen LogP contribution in [-0.4, -0.2) is 5.71 Å². The molecule has 22 heavy (non-hydrogen) atoms. The Morgan fingerprint density at radius 1 is 1.14 bits per heavy atom. The molecule has 0 radical (unpaired) electrons. The second-order valence-electron chi connectivity index (χ2n) is 6.14. The fraction of sp³-hybridized carbons (Fsp3) is 0.286. The number of fused-ring (bicyclic) bond motifs is 1. The van der Waals surface area contributed by atoms with Gasteiger partial charge in [0, 0.05) is 11.6 Å². The third-order valence-electron chi connectivity index (χ3n) is 4.51. The summed E-state index contributed by atoms with van der Waals surface area (Å²) in [7, 11) is 0. The lowest BCUT2D eigenvalue weighted by Crippen LogP contribution is -2.07. The quantitative estimate of drug-likeness (QED) is 0.653. The minimum Gasteiger partial charge on any atom is -0.305 e. The van der Waals surface area contributed by atoms with Crippen LogP contribution in [0.15, 0.2) is 60.2 Å². The van der Waals surface area contributed by atoms with E-state index in [0.29, 0.717) is 5.92 Å². The van der Waals surface area contributed by atoms with Crippen LogP contribution in [0.5, 0.6) is 0 Å². The van der Waals surface area contributed by atoms with E-state index in [0.717, 1.165) is 30.5 Å². The molecule has 1 atom stereocenters. The Morgan fingerprint density at radius 2 is 1.86 bits per heavy atom.